The number of hydrogen-bond donors (Lipinski definition) is 3. The van der Waals surface area contributed by atoms with Crippen molar-refractivity contribution in [2.75, 3.05) is 51.9 Å². The van der Waals surface area contributed by atoms with Gasteiger partial charge in [-0.1, -0.05) is 24.3 Å². The molecular formula is C27H33F2N5O4. The Morgan fingerprint density at radius 1 is 1.16 bits per heavy atom. The van der Waals surface area contributed by atoms with E-state index in [4.69, 9.17) is 9.47 Å². The minimum absolute atomic E-state index is 0.161. The molecule has 1 fully saturated rings. The summed E-state index contributed by atoms with van der Waals surface area (Å²) in [6.45, 7) is 4.23. The molecule has 2 heterocycles. The van der Waals surface area contributed by atoms with E-state index in [1.807, 2.05) is 37.3 Å². The van der Waals surface area contributed by atoms with Gasteiger partial charge in [-0.15, -0.1) is 5.10 Å². The van der Waals surface area contributed by atoms with Crippen molar-refractivity contribution in [3.05, 3.63) is 71.3 Å². The van der Waals surface area contributed by atoms with E-state index in [0.29, 0.717) is 61.4 Å². The van der Waals surface area contributed by atoms with Crippen LogP contribution in [0.15, 0.2) is 48.5 Å². The number of amides is 2. The molecule has 0 radical (unpaired) electrons. The Hall–Kier alpha value is -3.54. The largest absolute Gasteiger partial charge is 0.477 e. The Labute approximate surface area is 220 Å². The molecule has 0 bridgehead atoms. The van der Waals surface area contributed by atoms with Gasteiger partial charge in [-0.05, 0) is 36.8 Å². The molecule has 1 saturated heterocycles. The minimum Gasteiger partial charge on any atom is -0.477 e. The van der Waals surface area contributed by atoms with E-state index in [9.17, 15) is 18.7 Å². The number of ether oxygens (including phenoxy) is 2. The molecule has 0 aliphatic carbocycles. The number of carbonyl (C=O) groups is 1. The van der Waals surface area contributed by atoms with Crippen molar-refractivity contribution in [1.82, 2.24) is 20.0 Å². The van der Waals surface area contributed by atoms with Crippen LogP contribution >= 0.6 is 0 Å². The highest BCUT2D eigenvalue weighted by Crippen LogP contribution is 2.31. The molecule has 1 aliphatic rings. The molecule has 3 N–H and O–H groups in total. The number of methoxy groups -OCH3 is 1. The van der Waals surface area contributed by atoms with Gasteiger partial charge in [0.25, 0.3) is 0 Å². The van der Waals surface area contributed by atoms with E-state index in [1.54, 1.807) is 17.9 Å². The smallest absolute Gasteiger partial charge is 0.320 e. The lowest BCUT2D eigenvalue weighted by Crippen LogP contribution is -2.42. The van der Waals surface area contributed by atoms with E-state index < -0.39 is 17.7 Å². The molecule has 0 spiro atoms. The third-order valence-corrected chi connectivity index (χ3v) is 6.52. The van der Waals surface area contributed by atoms with Crippen molar-refractivity contribution < 1.29 is 28.2 Å². The number of anilines is 1. The first-order valence-corrected chi connectivity index (χ1v) is 12.6. The van der Waals surface area contributed by atoms with E-state index in [2.05, 4.69) is 20.6 Å². The van der Waals surface area contributed by atoms with Crippen molar-refractivity contribution in [2.24, 2.45) is 0 Å². The SMILES string of the molecule is CCOc1nn(-c2ccccc2)c(NC(=O)N[C@@H]2CN(CCOC)C[C@H]2c2ccc(F)c(F)c2)c1CCO. The van der Waals surface area contributed by atoms with E-state index >= 15 is 0 Å². The fourth-order valence-electron chi connectivity index (χ4n) is 4.73. The average Bonchev–Trinajstić information content (AvgIpc) is 3.46. The lowest BCUT2D eigenvalue weighted by atomic mass is 9.94. The zero-order valence-electron chi connectivity index (χ0n) is 21.5. The van der Waals surface area contributed by atoms with Crippen molar-refractivity contribution >= 4 is 11.8 Å². The van der Waals surface area contributed by atoms with E-state index in [0.717, 1.165) is 6.07 Å². The Morgan fingerprint density at radius 3 is 2.63 bits per heavy atom. The van der Waals surface area contributed by atoms with Gasteiger partial charge in [0.2, 0.25) is 5.88 Å². The van der Waals surface area contributed by atoms with Gasteiger partial charge in [-0.2, -0.15) is 0 Å². The fourth-order valence-corrected chi connectivity index (χ4v) is 4.73. The average molecular weight is 530 g/mol. The van der Waals surface area contributed by atoms with Crippen LogP contribution in [0, 0.1) is 11.6 Å². The molecule has 11 heteroatoms. The maximum atomic E-state index is 14.0. The minimum atomic E-state index is -0.926. The number of likely N-dealkylation sites (tertiary alicyclic amines) is 1. The molecule has 2 amide bonds. The third kappa shape index (κ3) is 6.29. The second kappa shape index (κ2) is 12.8. The second-order valence-corrected chi connectivity index (χ2v) is 9.02. The quantitative estimate of drug-likeness (QED) is 0.352. The van der Waals surface area contributed by atoms with Crippen LogP contribution in [-0.2, 0) is 11.2 Å². The molecule has 204 valence electrons. The van der Waals surface area contributed by atoms with Crippen LogP contribution in [0.4, 0.5) is 19.4 Å². The number of halogens is 2. The summed E-state index contributed by atoms with van der Waals surface area (Å²) >= 11 is 0. The number of hydrogen-bond acceptors (Lipinski definition) is 6. The van der Waals surface area contributed by atoms with Gasteiger partial charge in [0.1, 0.15) is 5.82 Å². The lowest BCUT2D eigenvalue weighted by molar-refractivity contribution is 0.159. The van der Waals surface area contributed by atoms with Crippen molar-refractivity contribution in [1.29, 1.82) is 0 Å². The number of urea groups is 1. The molecule has 38 heavy (non-hydrogen) atoms. The van der Waals surface area contributed by atoms with Crippen LogP contribution in [0.5, 0.6) is 5.88 Å². The van der Waals surface area contributed by atoms with Crippen molar-refractivity contribution in [3.8, 4) is 11.6 Å². The highest BCUT2D eigenvalue weighted by molar-refractivity contribution is 5.90. The van der Waals surface area contributed by atoms with Gasteiger partial charge in [0.05, 0.1) is 30.5 Å². The number of aliphatic hydroxyl groups is 1. The molecule has 0 saturated carbocycles. The summed E-state index contributed by atoms with van der Waals surface area (Å²) in [6.07, 6.45) is 0.226. The lowest BCUT2D eigenvalue weighted by Gasteiger charge is -2.21. The van der Waals surface area contributed by atoms with Crippen LogP contribution in [0.3, 0.4) is 0 Å². The Balaban J connectivity index is 1.60. The number of aromatic nitrogens is 2. The first-order chi connectivity index (χ1) is 18.4. The molecular weight excluding hydrogens is 496 g/mol. The Morgan fingerprint density at radius 2 is 1.95 bits per heavy atom. The molecule has 2 atom stereocenters. The number of para-hydroxylation sites is 1. The molecule has 2 aromatic carbocycles. The molecule has 3 aromatic rings. The first-order valence-electron chi connectivity index (χ1n) is 12.6. The maximum Gasteiger partial charge on any atom is 0.320 e. The van der Waals surface area contributed by atoms with Gasteiger partial charge >= 0.3 is 6.03 Å². The Bertz CT molecular complexity index is 1220. The third-order valence-electron chi connectivity index (χ3n) is 6.52. The number of rotatable bonds is 11. The van der Waals surface area contributed by atoms with Gasteiger partial charge in [-0.25, -0.2) is 18.3 Å². The summed E-state index contributed by atoms with van der Waals surface area (Å²) < 4.78 is 40.1. The number of carbonyl (C=O) groups excluding carboxylic acids is 1. The molecule has 1 aromatic heterocycles. The topological polar surface area (TPSA) is 101 Å². The number of nitrogens with one attached hydrogen (secondary N) is 2. The van der Waals surface area contributed by atoms with Crippen LogP contribution in [0.2, 0.25) is 0 Å². The maximum absolute atomic E-state index is 14.0. The monoisotopic (exact) mass is 529 g/mol. The summed E-state index contributed by atoms with van der Waals surface area (Å²) in [6, 6.07) is 12.2. The van der Waals surface area contributed by atoms with Crippen LogP contribution in [0.1, 0.15) is 24.0 Å². The van der Waals surface area contributed by atoms with Gasteiger partial charge in [0.15, 0.2) is 11.6 Å². The van der Waals surface area contributed by atoms with E-state index in [-0.39, 0.29) is 25.0 Å². The highest BCUT2D eigenvalue weighted by Gasteiger charge is 2.35. The number of aliphatic hydroxyl groups excluding tert-OH is 1. The second-order valence-electron chi connectivity index (χ2n) is 9.02. The predicted octanol–water partition coefficient (Wildman–Crippen LogP) is 3.32. The summed E-state index contributed by atoms with van der Waals surface area (Å²) in [5.41, 5.74) is 1.88. The standard InChI is InChI=1S/C27H33F2N5O4/c1-3-38-26-20(11-13-35)25(34(32-26)19-7-5-4-6-8-19)31-27(36)30-24-17-33(12-14-37-2)16-21(24)18-9-10-22(28)23(29)15-18/h4-10,15,21,24,35H,3,11-14,16-17H2,1-2H3,(H2,30,31,36)/t21-,24+/m0/s1. The van der Waals surface area contributed by atoms with Crippen LogP contribution in [-0.4, -0.2) is 78.4 Å². The molecule has 4 rings (SSSR count). The van der Waals surface area contributed by atoms with Gasteiger partial charge in [-0.3, -0.25) is 10.2 Å². The number of benzene rings is 2. The summed E-state index contributed by atoms with van der Waals surface area (Å²) in [5, 5.41) is 20.1. The zero-order valence-corrected chi connectivity index (χ0v) is 21.5. The van der Waals surface area contributed by atoms with Gasteiger partial charge in [0, 0.05) is 45.7 Å². The number of nitrogens with zero attached hydrogens (tertiary/aromatic N) is 3. The fraction of sp³-hybridized carbons (Fsp3) is 0.407. The first kappa shape index (κ1) is 27.5. The van der Waals surface area contributed by atoms with Crippen molar-refractivity contribution in [3.63, 3.8) is 0 Å². The highest BCUT2D eigenvalue weighted by atomic mass is 19.2. The summed E-state index contributed by atoms with van der Waals surface area (Å²) in [5.74, 6) is -1.40. The summed E-state index contributed by atoms with van der Waals surface area (Å²) in [7, 11) is 1.61. The zero-order chi connectivity index (χ0) is 27.1. The predicted molar refractivity (Wildman–Crippen MR) is 139 cm³/mol. The van der Waals surface area contributed by atoms with Crippen LogP contribution < -0.4 is 15.4 Å². The molecule has 9 nitrogen and oxygen atoms in total. The molecule has 1 aliphatic heterocycles. The van der Waals surface area contributed by atoms with Crippen molar-refractivity contribution in [2.45, 2.75) is 25.3 Å². The van der Waals surface area contributed by atoms with Gasteiger partial charge < -0.3 is 19.9 Å². The molecule has 0 unspecified atom stereocenters. The Kier molecular flexibility index (Phi) is 9.27. The normalized spacial score (nSPS) is 17.5. The van der Waals surface area contributed by atoms with Crippen LogP contribution in [0.25, 0.3) is 5.69 Å². The van der Waals surface area contributed by atoms with E-state index in [1.165, 1.54) is 6.07 Å². The summed E-state index contributed by atoms with van der Waals surface area (Å²) in [4.78, 5) is 15.5.